The van der Waals surface area contributed by atoms with E-state index in [2.05, 4.69) is 25.8 Å². The van der Waals surface area contributed by atoms with Crippen molar-refractivity contribution in [2.24, 2.45) is 7.05 Å². The quantitative estimate of drug-likeness (QED) is 0.329. The van der Waals surface area contributed by atoms with Gasteiger partial charge in [-0.25, -0.2) is 13.8 Å². The van der Waals surface area contributed by atoms with Crippen LogP contribution in [0.2, 0.25) is 5.02 Å². The Bertz CT molecular complexity index is 1900. The number of nitrogens with zero attached hydrogens (tertiary/aromatic N) is 6. The number of carbonyl (C=O) groups is 1. The van der Waals surface area contributed by atoms with Gasteiger partial charge in [0.1, 0.15) is 17.2 Å². The third kappa shape index (κ3) is 4.00. The number of hydrogen-bond acceptors (Lipinski definition) is 5. The summed E-state index contributed by atoms with van der Waals surface area (Å²) in [6.07, 6.45) is 3.10. The average Bonchev–Trinajstić information content (AvgIpc) is 3.56. The Morgan fingerprint density at radius 2 is 1.90 bits per heavy atom. The van der Waals surface area contributed by atoms with E-state index in [4.69, 9.17) is 11.6 Å². The van der Waals surface area contributed by atoms with Crippen molar-refractivity contribution in [3.63, 3.8) is 0 Å². The predicted molar refractivity (Wildman–Crippen MR) is 142 cm³/mol. The van der Waals surface area contributed by atoms with Gasteiger partial charge in [0.2, 0.25) is 5.91 Å². The number of carbonyl (C=O) groups excluding carboxylic acids is 1. The maximum absolute atomic E-state index is 15.6. The molecule has 3 aromatic heterocycles. The van der Waals surface area contributed by atoms with E-state index in [0.29, 0.717) is 32.8 Å². The van der Waals surface area contributed by atoms with Crippen molar-refractivity contribution in [3.05, 3.63) is 113 Å². The topological polar surface area (TPSA) is 90.0 Å². The summed E-state index contributed by atoms with van der Waals surface area (Å²) in [4.78, 5) is 17.0. The van der Waals surface area contributed by atoms with Crippen LogP contribution in [-0.4, -0.2) is 35.5 Å². The monoisotopic (exact) mass is 543 g/mol. The summed E-state index contributed by atoms with van der Waals surface area (Å²) >= 11 is 6.32. The SMILES string of the molecule is CC(=O)NC(c1ccc2c(c1)c(-c1cccc(Cl)c1)cc1nnnn12)(c1ccc(F)cc1F)c1cncn1C. The first-order valence-electron chi connectivity index (χ1n) is 11.9. The summed E-state index contributed by atoms with van der Waals surface area (Å²) in [7, 11) is 1.74. The smallest absolute Gasteiger partial charge is 0.218 e. The number of amides is 1. The summed E-state index contributed by atoms with van der Waals surface area (Å²) in [6, 6.07) is 17.9. The molecular formula is C28H20ClF2N7O. The van der Waals surface area contributed by atoms with Crippen LogP contribution in [-0.2, 0) is 17.4 Å². The molecule has 194 valence electrons. The van der Waals surface area contributed by atoms with Crippen LogP contribution in [0.3, 0.4) is 0 Å². The van der Waals surface area contributed by atoms with Crippen molar-refractivity contribution in [3.8, 4) is 11.1 Å². The molecule has 3 aromatic carbocycles. The highest BCUT2D eigenvalue weighted by Crippen LogP contribution is 2.41. The molecule has 6 rings (SSSR count). The van der Waals surface area contributed by atoms with Crippen LogP contribution in [0.25, 0.3) is 27.7 Å². The Hall–Kier alpha value is -4.70. The summed E-state index contributed by atoms with van der Waals surface area (Å²) < 4.78 is 32.9. The molecule has 0 fully saturated rings. The van der Waals surface area contributed by atoms with Crippen molar-refractivity contribution in [2.45, 2.75) is 12.5 Å². The molecule has 0 radical (unpaired) electrons. The number of rotatable bonds is 5. The molecule has 1 atom stereocenters. The van der Waals surface area contributed by atoms with Crippen LogP contribution >= 0.6 is 11.6 Å². The van der Waals surface area contributed by atoms with Gasteiger partial charge in [-0.05, 0) is 63.5 Å². The van der Waals surface area contributed by atoms with E-state index in [1.54, 1.807) is 46.9 Å². The van der Waals surface area contributed by atoms with E-state index in [1.165, 1.54) is 13.0 Å². The maximum Gasteiger partial charge on any atom is 0.218 e. The van der Waals surface area contributed by atoms with Crippen LogP contribution < -0.4 is 5.32 Å². The lowest BCUT2D eigenvalue weighted by Crippen LogP contribution is -2.48. The van der Waals surface area contributed by atoms with Gasteiger partial charge in [-0.15, -0.1) is 5.10 Å². The van der Waals surface area contributed by atoms with E-state index in [-0.39, 0.29) is 5.56 Å². The van der Waals surface area contributed by atoms with Crippen molar-refractivity contribution in [1.29, 1.82) is 0 Å². The Morgan fingerprint density at radius 3 is 2.62 bits per heavy atom. The fourth-order valence-electron chi connectivity index (χ4n) is 5.15. The van der Waals surface area contributed by atoms with Gasteiger partial charge in [0.15, 0.2) is 5.65 Å². The Labute approximate surface area is 225 Å². The first-order valence-corrected chi connectivity index (χ1v) is 12.3. The molecule has 0 saturated carbocycles. The minimum absolute atomic E-state index is 0.0508. The number of hydrogen-bond donors (Lipinski definition) is 1. The Kier molecular flexibility index (Phi) is 5.84. The molecule has 8 nitrogen and oxygen atoms in total. The minimum Gasteiger partial charge on any atom is -0.337 e. The van der Waals surface area contributed by atoms with Crippen molar-refractivity contribution < 1.29 is 13.6 Å². The van der Waals surface area contributed by atoms with E-state index in [9.17, 15) is 9.18 Å². The van der Waals surface area contributed by atoms with Crippen molar-refractivity contribution in [1.82, 2.24) is 34.9 Å². The van der Waals surface area contributed by atoms with Crippen LogP contribution in [0.1, 0.15) is 23.7 Å². The number of pyridine rings is 1. The molecule has 0 saturated heterocycles. The normalized spacial score (nSPS) is 13.1. The Morgan fingerprint density at radius 1 is 1.05 bits per heavy atom. The largest absolute Gasteiger partial charge is 0.337 e. The first-order chi connectivity index (χ1) is 18.8. The summed E-state index contributed by atoms with van der Waals surface area (Å²) in [5.41, 5.74) is 2.25. The fraction of sp³-hybridized carbons (Fsp3) is 0.107. The molecule has 0 aliphatic heterocycles. The van der Waals surface area contributed by atoms with E-state index in [1.807, 2.05) is 30.3 Å². The van der Waals surface area contributed by atoms with Gasteiger partial charge in [-0.2, -0.15) is 4.52 Å². The van der Waals surface area contributed by atoms with Gasteiger partial charge in [0.25, 0.3) is 0 Å². The average molecular weight is 544 g/mol. The van der Waals surface area contributed by atoms with Crippen LogP contribution in [0.5, 0.6) is 0 Å². The standard InChI is InChI=1S/C28H20ClF2N7O/c1-16(39)33-28(26-14-32-15-37(26)2,23-8-7-20(30)12-24(23)31)18-6-9-25-22(11-18)21(13-27-34-35-36-38(25)27)17-4-3-5-19(29)10-17/h3-15H,1-2H3,(H,33,39). The molecule has 1 amide bonds. The lowest BCUT2D eigenvalue weighted by atomic mass is 9.78. The van der Waals surface area contributed by atoms with Gasteiger partial charge < -0.3 is 9.88 Å². The summed E-state index contributed by atoms with van der Waals surface area (Å²) in [6.45, 7) is 1.34. The highest BCUT2D eigenvalue weighted by atomic mass is 35.5. The van der Waals surface area contributed by atoms with Crippen molar-refractivity contribution in [2.75, 3.05) is 0 Å². The van der Waals surface area contributed by atoms with E-state index in [0.717, 1.165) is 23.3 Å². The van der Waals surface area contributed by atoms with Crippen LogP contribution in [0.15, 0.2) is 79.3 Å². The van der Waals surface area contributed by atoms with Crippen LogP contribution in [0.4, 0.5) is 8.78 Å². The molecule has 6 aromatic rings. The first kappa shape index (κ1) is 24.6. The van der Waals surface area contributed by atoms with Gasteiger partial charge in [-0.3, -0.25) is 4.79 Å². The van der Waals surface area contributed by atoms with Crippen LogP contribution in [0, 0.1) is 11.6 Å². The van der Waals surface area contributed by atoms with Gasteiger partial charge in [0, 0.05) is 36.0 Å². The maximum atomic E-state index is 15.6. The second kappa shape index (κ2) is 9.25. The molecular weight excluding hydrogens is 524 g/mol. The summed E-state index contributed by atoms with van der Waals surface area (Å²) in [5.74, 6) is -1.98. The molecule has 1 N–H and O–H groups in total. The van der Waals surface area contributed by atoms with Crippen molar-refractivity contribution >= 4 is 34.1 Å². The van der Waals surface area contributed by atoms with Gasteiger partial charge >= 0.3 is 0 Å². The highest BCUT2D eigenvalue weighted by molar-refractivity contribution is 6.30. The molecule has 0 spiro atoms. The number of aryl methyl sites for hydroxylation is 1. The zero-order valence-corrected chi connectivity index (χ0v) is 21.5. The number of fused-ring (bicyclic) bond motifs is 3. The zero-order chi connectivity index (χ0) is 27.3. The Balaban J connectivity index is 1.75. The number of benzene rings is 3. The van der Waals surface area contributed by atoms with Gasteiger partial charge in [0.05, 0.1) is 23.7 Å². The van der Waals surface area contributed by atoms with Gasteiger partial charge in [-0.1, -0.05) is 35.9 Å². The highest BCUT2D eigenvalue weighted by Gasteiger charge is 2.42. The predicted octanol–water partition coefficient (Wildman–Crippen LogP) is 5.04. The lowest BCUT2D eigenvalue weighted by Gasteiger charge is -2.36. The number of imidazole rings is 1. The number of nitrogens with one attached hydrogen (secondary N) is 1. The molecule has 0 aliphatic rings. The lowest BCUT2D eigenvalue weighted by molar-refractivity contribution is -0.120. The number of halogens is 3. The summed E-state index contributed by atoms with van der Waals surface area (Å²) in [5, 5.41) is 16.3. The molecule has 11 heteroatoms. The zero-order valence-electron chi connectivity index (χ0n) is 20.7. The molecule has 1 unspecified atom stereocenters. The minimum atomic E-state index is -1.57. The molecule has 0 aliphatic carbocycles. The third-order valence-corrected chi connectivity index (χ3v) is 6.99. The third-order valence-electron chi connectivity index (χ3n) is 6.75. The second-order valence-corrected chi connectivity index (χ2v) is 9.63. The number of aromatic nitrogens is 6. The number of tetrazole rings is 1. The molecule has 0 bridgehead atoms. The van der Waals surface area contributed by atoms with E-state index >= 15 is 4.39 Å². The second-order valence-electron chi connectivity index (χ2n) is 9.19. The molecule has 3 heterocycles. The fourth-order valence-corrected chi connectivity index (χ4v) is 5.34. The van der Waals surface area contributed by atoms with E-state index < -0.39 is 23.1 Å². The molecule has 39 heavy (non-hydrogen) atoms.